The number of ether oxygens (including phenoxy) is 2. The van der Waals surface area contributed by atoms with Crippen molar-refractivity contribution in [2.75, 3.05) is 13.7 Å². The summed E-state index contributed by atoms with van der Waals surface area (Å²) >= 11 is 0. The van der Waals surface area contributed by atoms with E-state index in [1.54, 1.807) is 14.0 Å². The molecule has 1 heterocycles. The average Bonchev–Trinajstić information content (AvgIpc) is 2.91. The quantitative estimate of drug-likeness (QED) is 0.829. The number of methoxy groups -OCH3 is 1. The maximum atomic E-state index is 11.5. The monoisotopic (exact) mass is 261 g/mol. The van der Waals surface area contributed by atoms with E-state index < -0.39 is 12.1 Å². The molecular weight excluding hydrogens is 246 g/mol. The number of aromatic amines is 1. The van der Waals surface area contributed by atoms with Gasteiger partial charge in [-0.05, 0) is 12.5 Å². The molecule has 19 heavy (non-hydrogen) atoms. The Balaban J connectivity index is 2.23. The van der Waals surface area contributed by atoms with Gasteiger partial charge < -0.3 is 9.47 Å². The molecule has 2 aromatic rings. The molecule has 0 aliphatic rings. The van der Waals surface area contributed by atoms with Crippen LogP contribution in [0.2, 0.25) is 0 Å². The van der Waals surface area contributed by atoms with Crippen molar-refractivity contribution in [3.8, 4) is 0 Å². The molecule has 1 unspecified atom stereocenters. The summed E-state index contributed by atoms with van der Waals surface area (Å²) < 4.78 is 10.2. The first-order valence-corrected chi connectivity index (χ1v) is 5.93. The normalized spacial score (nSPS) is 12.1. The molecule has 0 fully saturated rings. The maximum absolute atomic E-state index is 11.5. The molecule has 0 saturated heterocycles. The van der Waals surface area contributed by atoms with Gasteiger partial charge in [0.2, 0.25) is 0 Å². The van der Waals surface area contributed by atoms with E-state index in [1.165, 1.54) is 0 Å². The van der Waals surface area contributed by atoms with Crippen LogP contribution in [0.3, 0.4) is 0 Å². The third-order valence-electron chi connectivity index (χ3n) is 2.55. The van der Waals surface area contributed by atoms with Crippen LogP contribution < -0.4 is 0 Å². The molecule has 0 amide bonds. The molecule has 1 aromatic carbocycles. The van der Waals surface area contributed by atoms with Crippen LogP contribution in [-0.4, -0.2) is 34.9 Å². The van der Waals surface area contributed by atoms with Gasteiger partial charge in [-0.2, -0.15) is 0 Å². The lowest BCUT2D eigenvalue weighted by Gasteiger charge is -2.12. The topological polar surface area (TPSA) is 77.1 Å². The van der Waals surface area contributed by atoms with Gasteiger partial charge in [-0.1, -0.05) is 30.3 Å². The van der Waals surface area contributed by atoms with Gasteiger partial charge in [-0.3, -0.25) is 5.10 Å². The minimum atomic E-state index is -0.548. The Bertz CT molecular complexity index is 539. The number of nitrogens with one attached hydrogen (secondary N) is 1. The summed E-state index contributed by atoms with van der Waals surface area (Å²) in [5, 5.41) is 6.55. The summed E-state index contributed by atoms with van der Waals surface area (Å²) in [7, 11) is 1.57. The molecule has 0 spiro atoms. The van der Waals surface area contributed by atoms with Crippen LogP contribution in [0, 0.1) is 0 Å². The van der Waals surface area contributed by atoms with E-state index in [9.17, 15) is 4.79 Å². The molecule has 1 aromatic heterocycles. The number of aromatic nitrogens is 3. The molecule has 0 saturated carbocycles. The van der Waals surface area contributed by atoms with Crippen molar-refractivity contribution in [2.24, 2.45) is 0 Å². The molecular formula is C13H15N3O3. The Morgan fingerprint density at radius 2 is 2.11 bits per heavy atom. The smallest absolute Gasteiger partial charge is 0.378 e. The van der Waals surface area contributed by atoms with Gasteiger partial charge in [0.25, 0.3) is 5.82 Å². The second kappa shape index (κ2) is 6.10. The van der Waals surface area contributed by atoms with Crippen molar-refractivity contribution in [3.05, 3.63) is 47.5 Å². The van der Waals surface area contributed by atoms with E-state index in [1.807, 2.05) is 30.3 Å². The third kappa shape index (κ3) is 2.97. The molecule has 1 atom stereocenters. The molecule has 100 valence electrons. The van der Waals surface area contributed by atoms with Crippen LogP contribution in [0.5, 0.6) is 0 Å². The zero-order chi connectivity index (χ0) is 13.7. The molecule has 1 N–H and O–H groups in total. The number of nitrogens with zero attached hydrogens (tertiary/aromatic N) is 2. The minimum Gasteiger partial charge on any atom is -0.460 e. The van der Waals surface area contributed by atoms with Gasteiger partial charge in [-0.25, -0.2) is 9.78 Å². The number of H-pyrrole nitrogens is 1. The zero-order valence-corrected chi connectivity index (χ0v) is 10.8. The standard InChI is InChI=1S/C13H15N3O3/c1-3-19-13(17)12-14-11(15-16-12)10(18-2)9-7-5-4-6-8-9/h4-8,10H,3H2,1-2H3,(H,14,15,16). The van der Waals surface area contributed by atoms with Crippen LogP contribution in [0.25, 0.3) is 0 Å². The van der Waals surface area contributed by atoms with E-state index >= 15 is 0 Å². The number of carbonyl (C=O) groups is 1. The van der Waals surface area contributed by atoms with Gasteiger partial charge in [0.15, 0.2) is 5.82 Å². The SMILES string of the molecule is CCOC(=O)c1n[nH]c(C(OC)c2ccccc2)n1. The lowest BCUT2D eigenvalue weighted by molar-refractivity contribution is 0.0512. The number of rotatable bonds is 5. The van der Waals surface area contributed by atoms with E-state index in [-0.39, 0.29) is 12.4 Å². The molecule has 0 aliphatic carbocycles. The number of benzene rings is 1. The van der Waals surface area contributed by atoms with Crippen molar-refractivity contribution in [2.45, 2.75) is 13.0 Å². The predicted octanol–water partition coefficient (Wildman–Crippen LogP) is 1.72. The van der Waals surface area contributed by atoms with Crippen molar-refractivity contribution in [1.82, 2.24) is 15.2 Å². The van der Waals surface area contributed by atoms with E-state index in [2.05, 4.69) is 15.2 Å². The molecule has 2 rings (SSSR count). The molecule has 0 bridgehead atoms. The number of esters is 1. The Hall–Kier alpha value is -2.21. The molecule has 0 radical (unpaired) electrons. The highest BCUT2D eigenvalue weighted by Crippen LogP contribution is 2.21. The summed E-state index contributed by atoms with van der Waals surface area (Å²) in [6, 6.07) is 9.57. The second-order valence-corrected chi connectivity index (χ2v) is 3.79. The first-order valence-electron chi connectivity index (χ1n) is 5.93. The highest BCUT2D eigenvalue weighted by Gasteiger charge is 2.20. The Morgan fingerprint density at radius 1 is 1.37 bits per heavy atom. The number of hydrogen-bond acceptors (Lipinski definition) is 5. The fourth-order valence-corrected chi connectivity index (χ4v) is 1.71. The summed E-state index contributed by atoms with van der Waals surface area (Å²) in [5.74, 6) is -0.0699. The first kappa shape index (κ1) is 13.2. The van der Waals surface area contributed by atoms with Gasteiger partial charge >= 0.3 is 5.97 Å². The number of carbonyl (C=O) groups excluding carboxylic acids is 1. The summed E-state index contributed by atoms with van der Waals surface area (Å²) in [4.78, 5) is 15.6. The average molecular weight is 261 g/mol. The Kier molecular flexibility index (Phi) is 4.25. The highest BCUT2D eigenvalue weighted by molar-refractivity contribution is 5.84. The number of hydrogen-bond donors (Lipinski definition) is 1. The zero-order valence-electron chi connectivity index (χ0n) is 10.8. The van der Waals surface area contributed by atoms with Crippen molar-refractivity contribution in [1.29, 1.82) is 0 Å². The van der Waals surface area contributed by atoms with Crippen molar-refractivity contribution < 1.29 is 14.3 Å². The van der Waals surface area contributed by atoms with Crippen molar-refractivity contribution >= 4 is 5.97 Å². The molecule has 0 aliphatic heterocycles. The summed E-state index contributed by atoms with van der Waals surface area (Å²) in [6.07, 6.45) is -0.392. The first-order chi connectivity index (χ1) is 9.26. The maximum Gasteiger partial charge on any atom is 0.378 e. The van der Waals surface area contributed by atoms with Gasteiger partial charge in [0.05, 0.1) is 6.61 Å². The lowest BCUT2D eigenvalue weighted by atomic mass is 10.1. The Morgan fingerprint density at radius 3 is 2.74 bits per heavy atom. The van der Waals surface area contributed by atoms with Crippen LogP contribution in [0.15, 0.2) is 30.3 Å². The van der Waals surface area contributed by atoms with Gasteiger partial charge in [0.1, 0.15) is 6.10 Å². The molecule has 6 nitrogen and oxygen atoms in total. The predicted molar refractivity (Wildman–Crippen MR) is 67.6 cm³/mol. The largest absolute Gasteiger partial charge is 0.460 e. The molecule has 6 heteroatoms. The van der Waals surface area contributed by atoms with Gasteiger partial charge in [-0.15, -0.1) is 5.10 Å². The lowest BCUT2D eigenvalue weighted by Crippen LogP contribution is -2.08. The summed E-state index contributed by atoms with van der Waals surface area (Å²) in [6.45, 7) is 2.02. The fourth-order valence-electron chi connectivity index (χ4n) is 1.71. The second-order valence-electron chi connectivity index (χ2n) is 3.79. The van der Waals surface area contributed by atoms with Crippen LogP contribution >= 0.6 is 0 Å². The fraction of sp³-hybridized carbons (Fsp3) is 0.308. The van der Waals surface area contributed by atoms with E-state index in [0.29, 0.717) is 5.82 Å². The third-order valence-corrected chi connectivity index (χ3v) is 2.55. The van der Waals surface area contributed by atoms with Gasteiger partial charge in [0, 0.05) is 7.11 Å². The minimum absolute atomic E-state index is 0.00910. The van der Waals surface area contributed by atoms with Crippen LogP contribution in [0.1, 0.15) is 35.0 Å². The van der Waals surface area contributed by atoms with E-state index in [4.69, 9.17) is 9.47 Å². The highest BCUT2D eigenvalue weighted by atomic mass is 16.5. The summed E-state index contributed by atoms with van der Waals surface area (Å²) in [5.41, 5.74) is 0.927. The van der Waals surface area contributed by atoms with Crippen LogP contribution in [-0.2, 0) is 9.47 Å². The Labute approximate surface area is 110 Å². The van der Waals surface area contributed by atoms with E-state index in [0.717, 1.165) is 5.56 Å². The van der Waals surface area contributed by atoms with Crippen LogP contribution in [0.4, 0.5) is 0 Å². The van der Waals surface area contributed by atoms with Crippen molar-refractivity contribution in [3.63, 3.8) is 0 Å².